The molecule has 1 fully saturated rings. The summed E-state index contributed by atoms with van der Waals surface area (Å²) in [5.74, 6) is -0.397. The Hall–Kier alpha value is -1.72. The number of amides is 1. The van der Waals surface area contributed by atoms with E-state index >= 15 is 0 Å². The van der Waals surface area contributed by atoms with Gasteiger partial charge in [0.15, 0.2) is 0 Å². The van der Waals surface area contributed by atoms with Crippen molar-refractivity contribution >= 4 is 34.9 Å². The van der Waals surface area contributed by atoms with Gasteiger partial charge in [-0.05, 0) is 25.1 Å². The Morgan fingerprint density at radius 3 is 2.65 bits per heavy atom. The number of hydrogen-bond acceptors (Lipinski definition) is 3. The number of nitrogens with zero attached hydrogens (tertiary/aromatic N) is 1. The van der Waals surface area contributed by atoms with E-state index in [1.165, 1.54) is 0 Å². The van der Waals surface area contributed by atoms with Crippen molar-refractivity contribution in [2.45, 2.75) is 13.0 Å². The van der Waals surface area contributed by atoms with Gasteiger partial charge in [0.2, 0.25) is 0 Å². The summed E-state index contributed by atoms with van der Waals surface area (Å²) in [5, 5.41) is 4.33. The van der Waals surface area contributed by atoms with Crippen molar-refractivity contribution in [1.29, 1.82) is 0 Å². The maximum atomic E-state index is 11.5. The highest BCUT2D eigenvalue weighted by Gasteiger charge is 2.24. The average Bonchev–Trinajstić information content (AvgIpc) is 2.65. The number of aromatic nitrogens is 1. The molecule has 0 atom stereocenters. The molecule has 0 unspecified atom stereocenters. The van der Waals surface area contributed by atoms with Crippen LogP contribution in [0.15, 0.2) is 18.2 Å². The van der Waals surface area contributed by atoms with Gasteiger partial charge >= 0.3 is 0 Å². The number of likely N-dealkylation sites (N-methyl/N-ethyl adjacent to an activating group) is 1. The number of aryl methyl sites for hydroxylation is 1. The Morgan fingerprint density at radius 1 is 1.40 bits per heavy atom. The number of carbonyl (C=O) groups is 1. The van der Waals surface area contributed by atoms with E-state index < -0.39 is 5.91 Å². The lowest BCUT2D eigenvalue weighted by molar-refractivity contribution is 0.100. The number of H-pyrrole nitrogens is 1. The van der Waals surface area contributed by atoms with Gasteiger partial charge in [-0.15, -0.1) is 12.4 Å². The van der Waals surface area contributed by atoms with Crippen molar-refractivity contribution < 1.29 is 4.79 Å². The SMILES string of the molecule is Cc1cc2c(N(C)C3CNC3)ccc(C(N)=O)c2[nH]1.Cl. The summed E-state index contributed by atoms with van der Waals surface area (Å²) in [5.41, 5.74) is 8.98. The van der Waals surface area contributed by atoms with Crippen LogP contribution in [-0.2, 0) is 0 Å². The molecule has 0 bridgehead atoms. The first-order chi connectivity index (χ1) is 9.08. The van der Waals surface area contributed by atoms with Crippen molar-refractivity contribution in [2.24, 2.45) is 5.73 Å². The summed E-state index contributed by atoms with van der Waals surface area (Å²) in [6, 6.07) is 6.37. The summed E-state index contributed by atoms with van der Waals surface area (Å²) < 4.78 is 0. The molecular weight excluding hydrogens is 276 g/mol. The van der Waals surface area contributed by atoms with Crippen molar-refractivity contribution in [2.75, 3.05) is 25.0 Å². The number of nitrogens with one attached hydrogen (secondary N) is 2. The second kappa shape index (κ2) is 5.34. The van der Waals surface area contributed by atoms with Gasteiger partial charge in [0, 0.05) is 36.9 Å². The third-order valence-electron chi connectivity index (χ3n) is 3.86. The predicted molar refractivity (Wildman–Crippen MR) is 83.9 cm³/mol. The number of rotatable bonds is 3. The van der Waals surface area contributed by atoms with E-state index in [2.05, 4.69) is 28.3 Å². The monoisotopic (exact) mass is 294 g/mol. The first-order valence-corrected chi connectivity index (χ1v) is 6.43. The Bertz CT molecular complexity index is 648. The number of anilines is 1. The van der Waals surface area contributed by atoms with Crippen LogP contribution in [0.25, 0.3) is 10.9 Å². The van der Waals surface area contributed by atoms with Crippen molar-refractivity contribution in [3.63, 3.8) is 0 Å². The zero-order valence-electron chi connectivity index (χ0n) is 11.6. The number of nitrogens with two attached hydrogens (primary N) is 1. The molecule has 2 aromatic rings. The predicted octanol–water partition coefficient (Wildman–Crippen LogP) is 1.41. The fourth-order valence-corrected chi connectivity index (χ4v) is 2.60. The van der Waals surface area contributed by atoms with E-state index in [1.807, 2.05) is 13.0 Å². The van der Waals surface area contributed by atoms with Gasteiger partial charge in [-0.3, -0.25) is 4.79 Å². The molecule has 1 saturated heterocycles. The van der Waals surface area contributed by atoms with Gasteiger partial charge in [-0.2, -0.15) is 0 Å². The van der Waals surface area contributed by atoms with Crippen LogP contribution in [0.5, 0.6) is 0 Å². The van der Waals surface area contributed by atoms with E-state index in [4.69, 9.17) is 5.73 Å². The lowest BCUT2D eigenvalue weighted by Gasteiger charge is -2.37. The van der Waals surface area contributed by atoms with Crippen LogP contribution in [0.2, 0.25) is 0 Å². The average molecular weight is 295 g/mol. The molecule has 5 nitrogen and oxygen atoms in total. The number of primary amides is 1. The van der Waals surface area contributed by atoms with Crippen LogP contribution in [0.3, 0.4) is 0 Å². The molecular formula is C14H19ClN4O. The number of fused-ring (bicyclic) bond motifs is 1. The van der Waals surface area contributed by atoms with Crippen LogP contribution in [0.4, 0.5) is 5.69 Å². The topological polar surface area (TPSA) is 74.2 Å². The van der Waals surface area contributed by atoms with Crippen LogP contribution >= 0.6 is 12.4 Å². The second-order valence-corrected chi connectivity index (χ2v) is 5.16. The molecule has 1 aliphatic heterocycles. The van der Waals surface area contributed by atoms with E-state index in [9.17, 15) is 4.79 Å². The molecule has 1 aromatic heterocycles. The summed E-state index contributed by atoms with van der Waals surface area (Å²) in [6.45, 7) is 3.98. The number of carbonyl (C=O) groups excluding carboxylic acids is 1. The van der Waals surface area contributed by atoms with Crippen LogP contribution in [-0.4, -0.2) is 37.1 Å². The maximum absolute atomic E-state index is 11.5. The standard InChI is InChI=1S/C14H18N4O.ClH/c1-8-5-11-12(18(2)9-6-16-7-9)4-3-10(14(15)19)13(11)17-8;/h3-5,9,16-17H,6-7H2,1-2H3,(H2,15,19);1H. The van der Waals surface area contributed by atoms with E-state index in [-0.39, 0.29) is 12.4 Å². The fourth-order valence-electron chi connectivity index (χ4n) is 2.60. The highest BCUT2D eigenvalue weighted by atomic mass is 35.5. The van der Waals surface area contributed by atoms with Gasteiger partial charge in [0.1, 0.15) is 0 Å². The molecule has 1 aliphatic rings. The van der Waals surface area contributed by atoms with Crippen molar-refractivity contribution in [3.8, 4) is 0 Å². The van der Waals surface area contributed by atoms with Gasteiger partial charge < -0.3 is 20.9 Å². The fraction of sp³-hybridized carbons (Fsp3) is 0.357. The summed E-state index contributed by atoms with van der Waals surface area (Å²) in [7, 11) is 2.09. The summed E-state index contributed by atoms with van der Waals surface area (Å²) in [4.78, 5) is 17.0. The molecule has 6 heteroatoms. The zero-order chi connectivity index (χ0) is 13.6. The smallest absolute Gasteiger partial charge is 0.250 e. The molecule has 0 spiro atoms. The first kappa shape index (κ1) is 14.7. The largest absolute Gasteiger partial charge is 0.369 e. The Kier molecular flexibility index (Phi) is 3.92. The van der Waals surface area contributed by atoms with E-state index in [0.29, 0.717) is 11.6 Å². The molecule has 1 amide bonds. The molecule has 0 aliphatic carbocycles. The van der Waals surface area contributed by atoms with E-state index in [1.54, 1.807) is 6.07 Å². The Morgan fingerprint density at radius 2 is 2.10 bits per heavy atom. The van der Waals surface area contributed by atoms with Crippen LogP contribution in [0.1, 0.15) is 16.1 Å². The second-order valence-electron chi connectivity index (χ2n) is 5.16. The van der Waals surface area contributed by atoms with Gasteiger partial charge in [0.25, 0.3) is 5.91 Å². The van der Waals surface area contributed by atoms with Gasteiger partial charge in [0.05, 0.1) is 17.1 Å². The number of aromatic amines is 1. The quantitative estimate of drug-likeness (QED) is 0.801. The molecule has 1 aromatic carbocycles. The van der Waals surface area contributed by atoms with Crippen LogP contribution in [0, 0.1) is 6.92 Å². The van der Waals surface area contributed by atoms with Gasteiger partial charge in [-0.1, -0.05) is 0 Å². The first-order valence-electron chi connectivity index (χ1n) is 6.43. The molecule has 20 heavy (non-hydrogen) atoms. The van der Waals surface area contributed by atoms with E-state index in [0.717, 1.165) is 35.4 Å². The lowest BCUT2D eigenvalue weighted by Crippen LogP contribution is -2.56. The normalized spacial score (nSPS) is 14.7. The lowest BCUT2D eigenvalue weighted by atomic mass is 10.1. The summed E-state index contributed by atoms with van der Waals surface area (Å²) >= 11 is 0. The van der Waals surface area contributed by atoms with Gasteiger partial charge in [-0.25, -0.2) is 0 Å². The summed E-state index contributed by atoms with van der Waals surface area (Å²) in [6.07, 6.45) is 0. The third-order valence-corrected chi connectivity index (χ3v) is 3.86. The molecule has 0 saturated carbocycles. The molecule has 3 rings (SSSR count). The Labute approximate surface area is 123 Å². The molecule has 0 radical (unpaired) electrons. The molecule has 4 N–H and O–H groups in total. The van der Waals surface area contributed by atoms with Crippen molar-refractivity contribution in [3.05, 3.63) is 29.5 Å². The minimum atomic E-state index is -0.397. The third kappa shape index (κ3) is 2.23. The number of benzene rings is 1. The molecule has 108 valence electrons. The number of halogens is 1. The Balaban J connectivity index is 0.00000147. The zero-order valence-corrected chi connectivity index (χ0v) is 12.4. The maximum Gasteiger partial charge on any atom is 0.250 e. The van der Waals surface area contributed by atoms with Crippen LogP contribution < -0.4 is 16.0 Å². The number of hydrogen-bond donors (Lipinski definition) is 3. The minimum Gasteiger partial charge on any atom is -0.369 e. The van der Waals surface area contributed by atoms with Crippen molar-refractivity contribution in [1.82, 2.24) is 10.3 Å². The molecule has 2 heterocycles. The minimum absolute atomic E-state index is 0. The highest BCUT2D eigenvalue weighted by Crippen LogP contribution is 2.31. The highest BCUT2D eigenvalue weighted by molar-refractivity contribution is 6.08.